The van der Waals surface area contributed by atoms with Gasteiger partial charge in [0.1, 0.15) is 5.75 Å². The molecule has 0 atom stereocenters. The maximum absolute atomic E-state index is 12.1. The first-order valence-electron chi connectivity index (χ1n) is 6.52. The van der Waals surface area contributed by atoms with Crippen LogP contribution >= 0.6 is 0 Å². The van der Waals surface area contributed by atoms with Crippen molar-refractivity contribution in [3.63, 3.8) is 0 Å². The van der Waals surface area contributed by atoms with Crippen LogP contribution in [-0.4, -0.2) is 23.5 Å². The third-order valence-electron chi connectivity index (χ3n) is 2.99. The number of carbonyl (C=O) groups excluding carboxylic acids is 1. The lowest BCUT2D eigenvalue weighted by atomic mass is 9.99. The van der Waals surface area contributed by atoms with Crippen molar-refractivity contribution in [2.24, 2.45) is 0 Å². The highest BCUT2D eigenvalue weighted by molar-refractivity contribution is 6.08. The molecule has 0 aliphatic heterocycles. The molecule has 1 N–H and O–H groups in total. The van der Waals surface area contributed by atoms with E-state index in [0.29, 0.717) is 17.7 Å². The normalized spacial score (nSPS) is 10.4. The van der Waals surface area contributed by atoms with E-state index in [1.807, 2.05) is 25.1 Å². The molecule has 0 amide bonds. The van der Waals surface area contributed by atoms with Crippen molar-refractivity contribution < 1.29 is 19.4 Å². The van der Waals surface area contributed by atoms with Gasteiger partial charge in [0.15, 0.2) is 12.4 Å². The molecule has 0 saturated heterocycles. The molecule has 2 aromatic carbocycles. The van der Waals surface area contributed by atoms with Crippen molar-refractivity contribution in [3.8, 4) is 5.75 Å². The number of hydrogen-bond donors (Lipinski definition) is 1. The fourth-order valence-corrected chi connectivity index (χ4v) is 2.09. The molecule has 20 heavy (non-hydrogen) atoms. The molecule has 0 aromatic heterocycles. The van der Waals surface area contributed by atoms with E-state index in [1.165, 1.54) is 0 Å². The monoisotopic (exact) mass is 272 g/mol. The number of ketones is 1. The van der Waals surface area contributed by atoms with Crippen molar-refractivity contribution in [1.82, 2.24) is 0 Å². The number of Topliss-reactive ketones (excluding diaryl/α,β-unsaturated/α-hetero) is 1. The lowest BCUT2D eigenvalue weighted by molar-refractivity contribution is -0.139. The Bertz CT molecular complexity index is 646. The van der Waals surface area contributed by atoms with Gasteiger partial charge in [-0.25, -0.2) is 4.79 Å². The van der Waals surface area contributed by atoms with E-state index in [-0.39, 0.29) is 5.78 Å². The number of benzene rings is 2. The van der Waals surface area contributed by atoms with E-state index in [0.717, 1.165) is 17.2 Å². The zero-order valence-corrected chi connectivity index (χ0v) is 11.3. The highest BCUT2D eigenvalue weighted by atomic mass is 16.5. The molecule has 0 bridgehead atoms. The predicted octanol–water partition coefficient (Wildman–Crippen LogP) is 3.29. The minimum Gasteiger partial charge on any atom is -0.482 e. The summed E-state index contributed by atoms with van der Waals surface area (Å²) in [5.74, 6) is -0.481. The van der Waals surface area contributed by atoms with Crippen LogP contribution in [0.3, 0.4) is 0 Å². The Hall–Kier alpha value is -2.36. The van der Waals surface area contributed by atoms with Crippen LogP contribution in [0.4, 0.5) is 0 Å². The summed E-state index contributed by atoms with van der Waals surface area (Å²) < 4.78 is 5.16. The minimum atomic E-state index is -1.03. The second kappa shape index (κ2) is 6.19. The van der Waals surface area contributed by atoms with Crippen LogP contribution in [0.5, 0.6) is 5.75 Å². The smallest absolute Gasteiger partial charge is 0.341 e. The summed E-state index contributed by atoms with van der Waals surface area (Å²) in [6, 6.07) is 10.8. The van der Waals surface area contributed by atoms with Crippen molar-refractivity contribution in [2.45, 2.75) is 19.8 Å². The fourth-order valence-electron chi connectivity index (χ4n) is 2.09. The van der Waals surface area contributed by atoms with Gasteiger partial charge in [-0.2, -0.15) is 0 Å². The first kappa shape index (κ1) is 14.1. The summed E-state index contributed by atoms with van der Waals surface area (Å²) in [6.45, 7) is 1.57. The van der Waals surface area contributed by atoms with E-state index in [2.05, 4.69) is 0 Å². The van der Waals surface area contributed by atoms with Gasteiger partial charge in [0.2, 0.25) is 0 Å². The van der Waals surface area contributed by atoms with Crippen molar-refractivity contribution in [2.75, 3.05) is 6.61 Å². The minimum absolute atomic E-state index is 0.0912. The van der Waals surface area contributed by atoms with Crippen LogP contribution in [0.1, 0.15) is 30.1 Å². The molecule has 0 unspecified atom stereocenters. The van der Waals surface area contributed by atoms with Crippen LogP contribution in [-0.2, 0) is 4.79 Å². The topological polar surface area (TPSA) is 63.6 Å². The molecule has 0 aliphatic rings. The Morgan fingerprint density at radius 1 is 1.20 bits per heavy atom. The molecule has 2 rings (SSSR count). The molecule has 0 fully saturated rings. The van der Waals surface area contributed by atoms with Crippen LogP contribution in [0, 0.1) is 0 Å². The Labute approximate surface area is 117 Å². The van der Waals surface area contributed by atoms with E-state index in [1.54, 1.807) is 18.2 Å². The molecule has 0 aliphatic carbocycles. The fraction of sp³-hybridized carbons (Fsp3) is 0.250. The maximum Gasteiger partial charge on any atom is 0.341 e. The molecular weight excluding hydrogens is 256 g/mol. The van der Waals surface area contributed by atoms with Gasteiger partial charge in [-0.05, 0) is 29.3 Å². The number of ether oxygens (including phenoxy) is 1. The van der Waals surface area contributed by atoms with Gasteiger partial charge in [-0.3, -0.25) is 4.79 Å². The van der Waals surface area contributed by atoms with Crippen molar-refractivity contribution in [1.29, 1.82) is 0 Å². The third kappa shape index (κ3) is 3.15. The summed E-state index contributed by atoms with van der Waals surface area (Å²) in [7, 11) is 0. The highest BCUT2D eigenvalue weighted by Crippen LogP contribution is 2.25. The van der Waals surface area contributed by atoms with Crippen LogP contribution in [0.2, 0.25) is 0 Å². The summed E-state index contributed by atoms with van der Waals surface area (Å²) in [4.78, 5) is 22.6. The van der Waals surface area contributed by atoms with Gasteiger partial charge in [-0.1, -0.05) is 31.2 Å². The van der Waals surface area contributed by atoms with E-state index in [4.69, 9.17) is 9.84 Å². The molecule has 0 spiro atoms. The SMILES string of the molecule is CCCC(=O)c1cccc2ccc(OCC(=O)O)cc12. The molecule has 4 heteroatoms. The van der Waals surface area contributed by atoms with Gasteiger partial charge in [0.05, 0.1) is 0 Å². The number of carboxylic acids is 1. The first-order valence-corrected chi connectivity index (χ1v) is 6.52. The molecule has 104 valence electrons. The standard InChI is InChI=1S/C16H16O4/c1-2-4-15(17)13-6-3-5-11-7-8-12(9-14(11)13)20-10-16(18)19/h3,5-9H,2,4,10H2,1H3,(H,18,19). The van der Waals surface area contributed by atoms with E-state index >= 15 is 0 Å². The Morgan fingerprint density at radius 3 is 2.70 bits per heavy atom. The number of carboxylic acid groups (broad SMARTS) is 1. The largest absolute Gasteiger partial charge is 0.482 e. The third-order valence-corrected chi connectivity index (χ3v) is 2.99. The highest BCUT2D eigenvalue weighted by Gasteiger charge is 2.10. The molecular formula is C16H16O4. The lowest BCUT2D eigenvalue weighted by Gasteiger charge is -2.08. The molecule has 0 heterocycles. The molecule has 0 radical (unpaired) electrons. The summed E-state index contributed by atoms with van der Waals surface area (Å²) >= 11 is 0. The lowest BCUT2D eigenvalue weighted by Crippen LogP contribution is -2.09. The maximum atomic E-state index is 12.1. The van der Waals surface area contributed by atoms with Gasteiger partial charge < -0.3 is 9.84 Å². The zero-order chi connectivity index (χ0) is 14.5. The molecule has 4 nitrogen and oxygen atoms in total. The summed E-state index contributed by atoms with van der Waals surface area (Å²) in [5, 5.41) is 10.4. The number of aliphatic carboxylic acids is 1. The van der Waals surface area contributed by atoms with Gasteiger partial charge in [-0.15, -0.1) is 0 Å². The van der Waals surface area contributed by atoms with E-state index in [9.17, 15) is 9.59 Å². The van der Waals surface area contributed by atoms with Gasteiger partial charge in [0.25, 0.3) is 0 Å². The van der Waals surface area contributed by atoms with Crippen LogP contribution in [0.15, 0.2) is 36.4 Å². The average molecular weight is 272 g/mol. The summed E-state index contributed by atoms with van der Waals surface area (Å²) in [6.07, 6.45) is 1.30. The zero-order valence-electron chi connectivity index (χ0n) is 11.3. The Morgan fingerprint density at radius 2 is 2.00 bits per heavy atom. The number of carbonyl (C=O) groups is 2. The summed E-state index contributed by atoms with van der Waals surface area (Å²) in [5.41, 5.74) is 0.658. The van der Waals surface area contributed by atoms with E-state index < -0.39 is 12.6 Å². The van der Waals surface area contributed by atoms with Crippen LogP contribution in [0.25, 0.3) is 10.8 Å². The van der Waals surface area contributed by atoms with Crippen LogP contribution < -0.4 is 4.74 Å². The predicted molar refractivity (Wildman–Crippen MR) is 76.3 cm³/mol. The van der Waals surface area contributed by atoms with Gasteiger partial charge in [0, 0.05) is 12.0 Å². The molecule has 2 aromatic rings. The number of hydrogen-bond acceptors (Lipinski definition) is 3. The second-order valence-corrected chi connectivity index (χ2v) is 4.54. The quantitative estimate of drug-likeness (QED) is 0.819. The van der Waals surface area contributed by atoms with Crippen molar-refractivity contribution in [3.05, 3.63) is 42.0 Å². The Kier molecular flexibility index (Phi) is 4.35. The van der Waals surface area contributed by atoms with Gasteiger partial charge >= 0.3 is 5.97 Å². The number of rotatable bonds is 6. The average Bonchev–Trinajstić information content (AvgIpc) is 2.44. The first-order chi connectivity index (χ1) is 9.61. The Balaban J connectivity index is 2.40. The second-order valence-electron chi connectivity index (χ2n) is 4.54. The van der Waals surface area contributed by atoms with Crippen molar-refractivity contribution >= 4 is 22.5 Å². The number of fused-ring (bicyclic) bond motifs is 1. The molecule has 0 saturated carbocycles.